The second-order valence-electron chi connectivity index (χ2n) is 7.81. The van der Waals surface area contributed by atoms with E-state index in [1.165, 1.54) is 16.2 Å². The van der Waals surface area contributed by atoms with Crippen molar-refractivity contribution in [1.29, 1.82) is 0 Å². The van der Waals surface area contributed by atoms with Gasteiger partial charge in [0.1, 0.15) is 12.4 Å². The largest absolute Gasteiger partial charge is 0.490 e. The van der Waals surface area contributed by atoms with Crippen LogP contribution in [0.25, 0.3) is 6.08 Å². The summed E-state index contributed by atoms with van der Waals surface area (Å²) in [6.45, 7) is 9.88. The molecule has 0 radical (unpaired) electrons. The van der Waals surface area contributed by atoms with Crippen molar-refractivity contribution in [2.24, 2.45) is 0 Å². The van der Waals surface area contributed by atoms with Crippen LogP contribution in [-0.2, 0) is 4.79 Å². The Balaban J connectivity index is 1.35. The molecule has 0 atom stereocenters. The molecule has 0 N–H and O–H groups in total. The van der Waals surface area contributed by atoms with E-state index in [1.54, 1.807) is 12.2 Å². The van der Waals surface area contributed by atoms with Gasteiger partial charge in [0.05, 0.1) is 11.6 Å². The monoisotopic (exact) mass is 449 g/mol. The zero-order valence-electron chi connectivity index (χ0n) is 18.2. The van der Waals surface area contributed by atoms with Crippen LogP contribution in [0.2, 0.25) is 0 Å². The first-order valence-electron chi connectivity index (χ1n) is 10.7. The highest BCUT2D eigenvalue weighted by Gasteiger charge is 2.36. The van der Waals surface area contributed by atoms with E-state index >= 15 is 0 Å². The Hall–Kier alpha value is -3.03. The summed E-state index contributed by atoms with van der Waals surface area (Å²) < 4.78 is 5.48. The van der Waals surface area contributed by atoms with Crippen LogP contribution in [0.4, 0.5) is 10.5 Å². The van der Waals surface area contributed by atoms with E-state index in [-0.39, 0.29) is 11.1 Å². The number of piperazine rings is 1. The van der Waals surface area contributed by atoms with Crippen LogP contribution in [-0.4, -0.2) is 60.4 Å². The van der Waals surface area contributed by atoms with E-state index in [0.29, 0.717) is 18.2 Å². The molecular formula is C25H27N3O3S. The number of benzene rings is 2. The summed E-state index contributed by atoms with van der Waals surface area (Å²) in [5.41, 5.74) is 3.37. The van der Waals surface area contributed by atoms with Gasteiger partial charge in [-0.1, -0.05) is 43.0 Å². The number of rotatable bonds is 7. The van der Waals surface area contributed by atoms with Crippen molar-refractivity contribution >= 4 is 34.7 Å². The second kappa shape index (κ2) is 10.1. The van der Waals surface area contributed by atoms with E-state index < -0.39 is 0 Å². The highest BCUT2D eigenvalue weighted by atomic mass is 32.2. The molecule has 2 saturated heterocycles. The van der Waals surface area contributed by atoms with Gasteiger partial charge >= 0.3 is 0 Å². The van der Waals surface area contributed by atoms with Crippen LogP contribution >= 0.6 is 11.8 Å². The lowest BCUT2D eigenvalue weighted by molar-refractivity contribution is -0.124. The Bertz CT molecular complexity index is 1030. The molecule has 0 spiro atoms. The van der Waals surface area contributed by atoms with Crippen molar-refractivity contribution in [1.82, 2.24) is 9.80 Å². The van der Waals surface area contributed by atoms with Crippen LogP contribution in [0, 0.1) is 6.92 Å². The molecule has 6 nitrogen and oxygen atoms in total. The van der Waals surface area contributed by atoms with Gasteiger partial charge in [-0.2, -0.15) is 0 Å². The molecule has 2 aliphatic rings. The van der Waals surface area contributed by atoms with E-state index in [2.05, 4.69) is 41.5 Å². The van der Waals surface area contributed by atoms with Crippen molar-refractivity contribution in [3.05, 3.63) is 77.2 Å². The van der Waals surface area contributed by atoms with Crippen molar-refractivity contribution in [2.45, 2.75) is 6.92 Å². The maximum atomic E-state index is 12.9. The molecule has 0 saturated carbocycles. The number of para-hydroxylation sites is 1. The number of hydrogen-bond donors (Lipinski definition) is 0. The van der Waals surface area contributed by atoms with Crippen LogP contribution in [0.15, 0.2) is 66.1 Å². The molecule has 2 heterocycles. The number of ether oxygens (including phenoxy) is 1. The lowest BCUT2D eigenvalue weighted by Crippen LogP contribution is -2.51. The number of carbonyl (C=O) groups excluding carboxylic acids is 2. The van der Waals surface area contributed by atoms with E-state index in [9.17, 15) is 9.59 Å². The van der Waals surface area contributed by atoms with E-state index in [0.717, 1.165) is 49.3 Å². The summed E-state index contributed by atoms with van der Waals surface area (Å²) in [6, 6.07) is 15.8. The van der Waals surface area contributed by atoms with Gasteiger partial charge in [0, 0.05) is 31.9 Å². The first-order valence-corrected chi connectivity index (χ1v) is 11.5. The summed E-state index contributed by atoms with van der Waals surface area (Å²) in [4.78, 5) is 31.7. The summed E-state index contributed by atoms with van der Waals surface area (Å²) in [6.07, 6.45) is 3.45. The number of carbonyl (C=O) groups is 2. The van der Waals surface area contributed by atoms with Crippen molar-refractivity contribution in [3.63, 3.8) is 0 Å². The number of imide groups is 1. The minimum Gasteiger partial charge on any atom is -0.490 e. The van der Waals surface area contributed by atoms with Gasteiger partial charge in [-0.15, -0.1) is 0 Å². The fourth-order valence-electron chi connectivity index (χ4n) is 3.84. The lowest BCUT2D eigenvalue weighted by Gasteiger charge is -2.37. The summed E-state index contributed by atoms with van der Waals surface area (Å²) in [5.74, 6) is 0.508. The van der Waals surface area contributed by atoms with Gasteiger partial charge in [-0.3, -0.25) is 19.4 Å². The lowest BCUT2D eigenvalue weighted by atomic mass is 10.1. The molecular weight excluding hydrogens is 422 g/mol. The molecule has 166 valence electrons. The Morgan fingerprint density at radius 3 is 2.44 bits per heavy atom. The van der Waals surface area contributed by atoms with E-state index in [4.69, 9.17) is 4.74 Å². The topological polar surface area (TPSA) is 53.1 Å². The Morgan fingerprint density at radius 1 is 1.03 bits per heavy atom. The third-order valence-corrected chi connectivity index (χ3v) is 6.50. The highest BCUT2D eigenvalue weighted by molar-refractivity contribution is 8.18. The zero-order valence-corrected chi connectivity index (χ0v) is 19.0. The SMILES string of the molecule is C=CCOc1ccc(/C=C2/SC(=O)N(CN3CCN(c4ccccc4C)CC3)C2=O)cc1. The molecule has 2 aromatic carbocycles. The predicted molar refractivity (Wildman–Crippen MR) is 130 cm³/mol. The maximum absolute atomic E-state index is 12.9. The number of aryl methyl sites for hydroxylation is 1. The third kappa shape index (κ3) is 5.06. The molecule has 4 rings (SSSR count). The van der Waals surface area contributed by atoms with Crippen LogP contribution in [0.1, 0.15) is 11.1 Å². The normalized spacial score (nSPS) is 18.5. The molecule has 32 heavy (non-hydrogen) atoms. The third-order valence-electron chi connectivity index (χ3n) is 5.59. The van der Waals surface area contributed by atoms with Crippen molar-refractivity contribution in [3.8, 4) is 5.75 Å². The minimum atomic E-state index is -0.228. The Labute approximate surface area is 193 Å². The quantitative estimate of drug-likeness (QED) is 0.462. The van der Waals surface area contributed by atoms with Gasteiger partial charge in [0.15, 0.2) is 0 Å². The zero-order chi connectivity index (χ0) is 22.5. The minimum absolute atomic E-state index is 0.214. The Kier molecular flexibility index (Phi) is 6.97. The molecule has 2 aliphatic heterocycles. The first kappa shape index (κ1) is 22.2. The van der Waals surface area contributed by atoms with Gasteiger partial charge < -0.3 is 9.64 Å². The molecule has 0 bridgehead atoms. The molecule has 0 aromatic heterocycles. The van der Waals surface area contributed by atoms with Gasteiger partial charge in [-0.05, 0) is 54.1 Å². The summed E-state index contributed by atoms with van der Waals surface area (Å²) in [5, 5.41) is -0.214. The molecule has 2 fully saturated rings. The van der Waals surface area contributed by atoms with Gasteiger partial charge in [0.25, 0.3) is 11.1 Å². The van der Waals surface area contributed by atoms with E-state index in [1.807, 2.05) is 30.3 Å². The average Bonchev–Trinajstić information content (AvgIpc) is 3.07. The number of thioether (sulfide) groups is 1. The fourth-order valence-corrected chi connectivity index (χ4v) is 4.67. The Morgan fingerprint density at radius 2 is 1.75 bits per heavy atom. The fraction of sp³-hybridized carbons (Fsp3) is 0.280. The van der Waals surface area contributed by atoms with Crippen molar-refractivity contribution < 1.29 is 14.3 Å². The smallest absolute Gasteiger partial charge is 0.294 e. The molecule has 2 aromatic rings. The van der Waals surface area contributed by atoms with Gasteiger partial charge in [-0.25, -0.2) is 0 Å². The number of anilines is 1. The molecule has 0 aliphatic carbocycles. The number of hydrogen-bond acceptors (Lipinski definition) is 6. The molecule has 0 unspecified atom stereocenters. The summed E-state index contributed by atoms with van der Waals surface area (Å²) in [7, 11) is 0. The van der Waals surface area contributed by atoms with Crippen molar-refractivity contribution in [2.75, 3.05) is 44.4 Å². The molecule has 7 heteroatoms. The van der Waals surface area contributed by atoms with Crippen LogP contribution in [0.5, 0.6) is 5.75 Å². The molecule has 2 amide bonds. The van der Waals surface area contributed by atoms with Crippen LogP contribution in [0.3, 0.4) is 0 Å². The summed E-state index contributed by atoms with van der Waals surface area (Å²) >= 11 is 1.000. The highest BCUT2D eigenvalue weighted by Crippen LogP contribution is 2.33. The first-order chi connectivity index (χ1) is 15.5. The maximum Gasteiger partial charge on any atom is 0.294 e. The second-order valence-corrected chi connectivity index (χ2v) is 8.80. The number of amides is 2. The van der Waals surface area contributed by atoms with Crippen LogP contribution < -0.4 is 9.64 Å². The standard InChI is InChI=1S/C25H27N3O3S/c1-3-16-31-21-10-8-20(9-11-21)17-23-24(29)28(25(30)32-23)18-26-12-14-27(15-13-26)22-7-5-4-6-19(22)2/h3-11,17H,1,12-16,18H2,2H3/b23-17+. The number of nitrogens with zero attached hydrogens (tertiary/aromatic N) is 3. The average molecular weight is 450 g/mol. The predicted octanol–water partition coefficient (Wildman–Crippen LogP) is 4.38. The van der Waals surface area contributed by atoms with Gasteiger partial charge in [0.2, 0.25) is 0 Å².